The number of carbonyl (C=O) groups is 2. The second-order valence-corrected chi connectivity index (χ2v) is 9.12. The minimum atomic E-state index is -0.438. The van der Waals surface area contributed by atoms with Gasteiger partial charge in [0, 0.05) is 23.1 Å². The topological polar surface area (TPSA) is 70.7 Å². The summed E-state index contributed by atoms with van der Waals surface area (Å²) in [6.07, 6.45) is 0.177. The van der Waals surface area contributed by atoms with Gasteiger partial charge in [-0.3, -0.25) is 20.4 Å². The first-order chi connectivity index (χ1) is 15.9. The number of nitrogens with one attached hydrogen (secondary N) is 2. The molecule has 0 aromatic heterocycles. The van der Waals surface area contributed by atoms with Crippen molar-refractivity contribution < 1.29 is 14.3 Å². The standard InChI is InChI=1S/C26H26BrN3O3/c1-17-8-10-22(12-18(17)2)30-15-20(13-25(30)31)26(32)29-28-23-14-21(27)9-11-24(23)33-16-19-6-4-3-5-7-19/h3-12,14,20,28H,13,15-16H2,1-2H3,(H,29,32)/t20-/m1/s1. The van der Waals surface area contributed by atoms with Crippen molar-refractivity contribution >= 4 is 39.1 Å². The molecule has 4 rings (SSSR count). The van der Waals surface area contributed by atoms with E-state index in [1.54, 1.807) is 4.90 Å². The van der Waals surface area contributed by atoms with Crippen LogP contribution in [0.4, 0.5) is 11.4 Å². The van der Waals surface area contributed by atoms with Crippen LogP contribution in [0.25, 0.3) is 0 Å². The van der Waals surface area contributed by atoms with Gasteiger partial charge in [0.25, 0.3) is 0 Å². The number of halogens is 1. The number of hydrazine groups is 1. The van der Waals surface area contributed by atoms with Crippen LogP contribution >= 0.6 is 15.9 Å². The second-order valence-electron chi connectivity index (χ2n) is 8.20. The number of ether oxygens (including phenoxy) is 1. The molecule has 0 aliphatic carbocycles. The maximum atomic E-state index is 12.8. The first-order valence-corrected chi connectivity index (χ1v) is 11.6. The first-order valence-electron chi connectivity index (χ1n) is 10.8. The van der Waals surface area contributed by atoms with Crippen molar-refractivity contribution in [1.29, 1.82) is 0 Å². The fourth-order valence-electron chi connectivity index (χ4n) is 3.72. The summed E-state index contributed by atoms with van der Waals surface area (Å²) in [6, 6.07) is 21.3. The molecule has 33 heavy (non-hydrogen) atoms. The molecule has 1 heterocycles. The van der Waals surface area contributed by atoms with Crippen LogP contribution in [0.3, 0.4) is 0 Å². The Labute approximate surface area is 202 Å². The van der Waals surface area contributed by atoms with Gasteiger partial charge in [0.2, 0.25) is 11.8 Å². The van der Waals surface area contributed by atoms with Crippen LogP contribution in [0.1, 0.15) is 23.1 Å². The van der Waals surface area contributed by atoms with Gasteiger partial charge in [-0.25, -0.2) is 0 Å². The van der Waals surface area contributed by atoms with E-state index in [0.29, 0.717) is 24.6 Å². The van der Waals surface area contributed by atoms with Gasteiger partial charge in [-0.2, -0.15) is 0 Å². The maximum absolute atomic E-state index is 12.8. The van der Waals surface area contributed by atoms with E-state index < -0.39 is 5.92 Å². The van der Waals surface area contributed by atoms with Crippen molar-refractivity contribution in [3.8, 4) is 5.75 Å². The zero-order chi connectivity index (χ0) is 23.4. The lowest BCUT2D eigenvalue weighted by atomic mass is 10.1. The Morgan fingerprint density at radius 1 is 1.06 bits per heavy atom. The molecule has 170 valence electrons. The predicted octanol–water partition coefficient (Wildman–Crippen LogP) is 5.14. The minimum absolute atomic E-state index is 0.0484. The molecule has 3 aromatic carbocycles. The van der Waals surface area contributed by atoms with E-state index in [-0.39, 0.29) is 18.2 Å². The van der Waals surface area contributed by atoms with Crippen molar-refractivity contribution in [2.24, 2.45) is 5.92 Å². The number of amides is 2. The highest BCUT2D eigenvalue weighted by molar-refractivity contribution is 9.10. The lowest BCUT2D eigenvalue weighted by Gasteiger charge is -2.19. The Morgan fingerprint density at radius 2 is 1.85 bits per heavy atom. The van der Waals surface area contributed by atoms with Crippen LogP contribution in [0.15, 0.2) is 71.2 Å². The van der Waals surface area contributed by atoms with Crippen LogP contribution < -0.4 is 20.5 Å². The molecule has 1 atom stereocenters. The van der Waals surface area contributed by atoms with Crippen LogP contribution in [0, 0.1) is 19.8 Å². The van der Waals surface area contributed by atoms with E-state index in [1.165, 1.54) is 5.56 Å². The zero-order valence-corrected chi connectivity index (χ0v) is 20.2. The van der Waals surface area contributed by atoms with Crippen molar-refractivity contribution in [3.63, 3.8) is 0 Å². The monoisotopic (exact) mass is 507 g/mol. The summed E-state index contributed by atoms with van der Waals surface area (Å²) >= 11 is 3.46. The minimum Gasteiger partial charge on any atom is -0.487 e. The molecule has 1 saturated heterocycles. The molecule has 0 saturated carbocycles. The summed E-state index contributed by atoms with van der Waals surface area (Å²) in [5, 5.41) is 0. The van der Waals surface area contributed by atoms with Gasteiger partial charge in [-0.05, 0) is 60.9 Å². The summed E-state index contributed by atoms with van der Waals surface area (Å²) in [4.78, 5) is 27.1. The molecule has 0 spiro atoms. The van der Waals surface area contributed by atoms with Gasteiger partial charge >= 0.3 is 0 Å². The Kier molecular flexibility index (Phi) is 6.99. The van der Waals surface area contributed by atoms with Crippen LogP contribution in [-0.4, -0.2) is 18.4 Å². The highest BCUT2D eigenvalue weighted by Crippen LogP contribution is 2.30. The summed E-state index contributed by atoms with van der Waals surface area (Å²) in [5.41, 5.74) is 10.5. The summed E-state index contributed by atoms with van der Waals surface area (Å²) in [7, 11) is 0. The maximum Gasteiger partial charge on any atom is 0.243 e. The number of aryl methyl sites for hydroxylation is 2. The number of nitrogens with zero attached hydrogens (tertiary/aromatic N) is 1. The number of benzene rings is 3. The van der Waals surface area contributed by atoms with Gasteiger partial charge in [-0.15, -0.1) is 0 Å². The Bertz CT molecular complexity index is 1170. The van der Waals surface area contributed by atoms with Crippen LogP contribution in [0.5, 0.6) is 5.75 Å². The normalized spacial score (nSPS) is 15.4. The SMILES string of the molecule is Cc1ccc(N2C[C@H](C(=O)NNc3cc(Br)ccc3OCc3ccccc3)CC2=O)cc1C. The second kappa shape index (κ2) is 10.1. The number of hydrogen-bond acceptors (Lipinski definition) is 4. The molecule has 0 unspecified atom stereocenters. The quantitative estimate of drug-likeness (QED) is 0.434. The van der Waals surface area contributed by atoms with Gasteiger partial charge in [-0.1, -0.05) is 52.3 Å². The molecule has 2 N–H and O–H groups in total. The van der Waals surface area contributed by atoms with Gasteiger partial charge in [0.15, 0.2) is 0 Å². The number of hydrogen-bond donors (Lipinski definition) is 2. The summed E-state index contributed by atoms with van der Waals surface area (Å²) in [5.74, 6) is -0.106. The number of anilines is 2. The lowest BCUT2D eigenvalue weighted by Crippen LogP contribution is -2.36. The molecule has 3 aromatic rings. The predicted molar refractivity (Wildman–Crippen MR) is 133 cm³/mol. The fraction of sp³-hybridized carbons (Fsp3) is 0.231. The van der Waals surface area contributed by atoms with Crippen molar-refractivity contribution in [2.75, 3.05) is 16.9 Å². The van der Waals surface area contributed by atoms with E-state index in [9.17, 15) is 9.59 Å². The number of carbonyl (C=O) groups excluding carboxylic acids is 2. The molecule has 1 aliphatic heterocycles. The molecule has 1 aliphatic rings. The summed E-state index contributed by atoms with van der Waals surface area (Å²) < 4.78 is 6.80. The first kappa shape index (κ1) is 22.9. The van der Waals surface area contributed by atoms with E-state index in [4.69, 9.17) is 4.74 Å². The third kappa shape index (κ3) is 5.54. The molecule has 6 nitrogen and oxygen atoms in total. The van der Waals surface area contributed by atoms with Crippen LogP contribution in [-0.2, 0) is 16.2 Å². The van der Waals surface area contributed by atoms with E-state index in [2.05, 4.69) is 26.8 Å². The van der Waals surface area contributed by atoms with E-state index in [1.807, 2.05) is 80.6 Å². The van der Waals surface area contributed by atoms with Crippen molar-refractivity contribution in [2.45, 2.75) is 26.9 Å². The molecule has 2 amide bonds. The molecular formula is C26H26BrN3O3. The van der Waals surface area contributed by atoms with E-state index >= 15 is 0 Å². The van der Waals surface area contributed by atoms with Crippen LogP contribution in [0.2, 0.25) is 0 Å². The average molecular weight is 508 g/mol. The third-order valence-corrected chi connectivity index (χ3v) is 6.29. The Hall–Kier alpha value is -3.32. The smallest absolute Gasteiger partial charge is 0.243 e. The van der Waals surface area contributed by atoms with Gasteiger partial charge in [0.05, 0.1) is 11.6 Å². The van der Waals surface area contributed by atoms with Gasteiger partial charge in [0.1, 0.15) is 12.4 Å². The highest BCUT2D eigenvalue weighted by Gasteiger charge is 2.35. The molecule has 0 bridgehead atoms. The van der Waals surface area contributed by atoms with Crippen molar-refractivity contribution in [3.05, 3.63) is 87.9 Å². The third-order valence-electron chi connectivity index (χ3n) is 5.80. The lowest BCUT2D eigenvalue weighted by molar-refractivity contribution is -0.125. The molecule has 7 heteroatoms. The zero-order valence-electron chi connectivity index (χ0n) is 18.6. The highest BCUT2D eigenvalue weighted by atomic mass is 79.9. The average Bonchev–Trinajstić information content (AvgIpc) is 3.21. The fourth-order valence-corrected chi connectivity index (χ4v) is 4.08. The van der Waals surface area contributed by atoms with E-state index in [0.717, 1.165) is 21.3 Å². The summed E-state index contributed by atoms with van der Waals surface area (Å²) in [6.45, 7) is 4.81. The molecule has 1 fully saturated rings. The number of rotatable bonds is 7. The molecule has 0 radical (unpaired) electrons. The Morgan fingerprint density at radius 3 is 2.61 bits per heavy atom. The largest absolute Gasteiger partial charge is 0.487 e. The van der Waals surface area contributed by atoms with Gasteiger partial charge < -0.3 is 9.64 Å². The molecular weight excluding hydrogens is 482 g/mol. The Balaban J connectivity index is 1.39. The van der Waals surface area contributed by atoms with Crippen molar-refractivity contribution in [1.82, 2.24) is 5.43 Å².